The van der Waals surface area contributed by atoms with Gasteiger partial charge in [0.2, 0.25) is 5.28 Å². The third kappa shape index (κ3) is 2.18. The van der Waals surface area contributed by atoms with Crippen molar-refractivity contribution in [3.05, 3.63) is 46.1 Å². The summed E-state index contributed by atoms with van der Waals surface area (Å²) >= 11 is 7.97. The second-order valence-corrected chi connectivity index (χ2v) is 6.86. The van der Waals surface area contributed by atoms with Crippen molar-refractivity contribution < 1.29 is 0 Å². The first-order valence-corrected chi connectivity index (χ1v) is 8.77. The summed E-state index contributed by atoms with van der Waals surface area (Å²) in [5.41, 5.74) is 2.57. The van der Waals surface area contributed by atoms with E-state index in [9.17, 15) is 0 Å². The number of anilines is 2. The van der Waals surface area contributed by atoms with Gasteiger partial charge in [0.25, 0.3) is 0 Å². The first-order chi connectivity index (χ1) is 10.8. The summed E-state index contributed by atoms with van der Waals surface area (Å²) in [6.45, 7) is 2.98. The fourth-order valence-electron chi connectivity index (χ4n) is 3.21. The van der Waals surface area contributed by atoms with Gasteiger partial charge < -0.3 is 4.90 Å². The highest BCUT2D eigenvalue weighted by atomic mass is 35.5. The van der Waals surface area contributed by atoms with E-state index in [1.807, 2.05) is 6.07 Å². The van der Waals surface area contributed by atoms with Crippen molar-refractivity contribution in [1.29, 1.82) is 0 Å². The van der Waals surface area contributed by atoms with Crippen molar-refractivity contribution in [1.82, 2.24) is 9.97 Å². The van der Waals surface area contributed by atoms with Crippen molar-refractivity contribution in [3.63, 3.8) is 0 Å². The predicted octanol–water partition coefficient (Wildman–Crippen LogP) is 4.99. The smallest absolute Gasteiger partial charge is 0.225 e. The molecule has 112 valence electrons. The van der Waals surface area contributed by atoms with Gasteiger partial charge in [-0.3, -0.25) is 0 Å². The van der Waals surface area contributed by atoms with Crippen molar-refractivity contribution >= 4 is 44.7 Å². The van der Waals surface area contributed by atoms with Gasteiger partial charge in [0.05, 0.1) is 5.39 Å². The van der Waals surface area contributed by atoms with Gasteiger partial charge in [-0.15, -0.1) is 11.3 Å². The summed E-state index contributed by atoms with van der Waals surface area (Å²) in [7, 11) is 0. The summed E-state index contributed by atoms with van der Waals surface area (Å²) < 4.78 is 0. The molecule has 0 atom stereocenters. The lowest BCUT2D eigenvalue weighted by Gasteiger charge is -2.23. The van der Waals surface area contributed by atoms with Crippen LogP contribution in [0.3, 0.4) is 0 Å². The molecule has 0 radical (unpaired) electrons. The number of halogens is 1. The Kier molecular flexibility index (Phi) is 3.51. The molecule has 1 aliphatic carbocycles. The van der Waals surface area contributed by atoms with E-state index in [4.69, 9.17) is 11.6 Å². The Morgan fingerprint density at radius 3 is 2.77 bits per heavy atom. The number of aryl methyl sites for hydroxylation is 2. The minimum atomic E-state index is 0.330. The molecule has 1 aromatic carbocycles. The molecular formula is C17H16ClN3S. The Morgan fingerprint density at radius 1 is 1.18 bits per heavy atom. The second kappa shape index (κ2) is 5.52. The van der Waals surface area contributed by atoms with E-state index in [1.54, 1.807) is 11.3 Å². The van der Waals surface area contributed by atoms with Gasteiger partial charge in [-0.25, -0.2) is 4.98 Å². The van der Waals surface area contributed by atoms with Crippen LogP contribution in [0, 0.1) is 0 Å². The van der Waals surface area contributed by atoms with E-state index in [0.717, 1.165) is 35.7 Å². The quantitative estimate of drug-likeness (QED) is 0.634. The van der Waals surface area contributed by atoms with E-state index in [-0.39, 0.29) is 0 Å². The van der Waals surface area contributed by atoms with Crippen LogP contribution >= 0.6 is 22.9 Å². The molecule has 0 fully saturated rings. The highest BCUT2D eigenvalue weighted by Crippen LogP contribution is 2.42. The zero-order valence-electron chi connectivity index (χ0n) is 12.3. The largest absolute Gasteiger partial charge is 0.326 e. The van der Waals surface area contributed by atoms with Gasteiger partial charge in [0, 0.05) is 17.1 Å². The number of thiophene rings is 1. The lowest BCUT2D eigenvalue weighted by Crippen LogP contribution is -2.18. The van der Waals surface area contributed by atoms with E-state index in [1.165, 1.54) is 22.2 Å². The van der Waals surface area contributed by atoms with E-state index >= 15 is 0 Å². The number of fused-ring (bicyclic) bond motifs is 3. The zero-order valence-corrected chi connectivity index (χ0v) is 13.9. The average Bonchev–Trinajstić information content (AvgIpc) is 3.09. The molecule has 0 aliphatic heterocycles. The van der Waals surface area contributed by atoms with E-state index < -0.39 is 0 Å². The van der Waals surface area contributed by atoms with Gasteiger partial charge in [0.15, 0.2) is 0 Å². The molecule has 0 N–H and O–H groups in total. The molecule has 0 saturated heterocycles. The fraction of sp³-hybridized carbons (Fsp3) is 0.294. The minimum Gasteiger partial charge on any atom is -0.326 e. The van der Waals surface area contributed by atoms with Crippen LogP contribution in [0.2, 0.25) is 5.28 Å². The highest BCUT2D eigenvalue weighted by Gasteiger charge is 2.24. The Balaban J connectivity index is 1.97. The van der Waals surface area contributed by atoms with Crippen LogP contribution in [0.5, 0.6) is 0 Å². The number of nitrogens with zero attached hydrogens (tertiary/aromatic N) is 3. The topological polar surface area (TPSA) is 29.0 Å². The third-order valence-electron chi connectivity index (χ3n) is 4.16. The molecule has 5 heteroatoms. The normalized spacial score (nSPS) is 13.5. The lowest BCUT2D eigenvalue weighted by molar-refractivity contribution is 0.916. The van der Waals surface area contributed by atoms with Gasteiger partial charge in [0.1, 0.15) is 10.6 Å². The van der Waals surface area contributed by atoms with Gasteiger partial charge in [-0.1, -0.05) is 18.2 Å². The Bertz CT molecular complexity index is 829. The lowest BCUT2D eigenvalue weighted by atomic mass is 10.1. The predicted molar refractivity (Wildman–Crippen MR) is 93.6 cm³/mol. The summed E-state index contributed by atoms with van der Waals surface area (Å²) in [5, 5.41) is 1.53. The van der Waals surface area contributed by atoms with Crippen molar-refractivity contribution in [2.75, 3.05) is 11.4 Å². The highest BCUT2D eigenvalue weighted by molar-refractivity contribution is 7.19. The molecule has 0 spiro atoms. The molecule has 3 nitrogen and oxygen atoms in total. The van der Waals surface area contributed by atoms with Crippen molar-refractivity contribution in [2.24, 2.45) is 0 Å². The van der Waals surface area contributed by atoms with Crippen LogP contribution in [0.15, 0.2) is 30.3 Å². The van der Waals surface area contributed by atoms with Crippen LogP contribution in [0.1, 0.15) is 23.8 Å². The Labute approximate surface area is 138 Å². The fourth-order valence-corrected chi connectivity index (χ4v) is 4.68. The van der Waals surface area contributed by atoms with Crippen LogP contribution in [0.25, 0.3) is 10.2 Å². The van der Waals surface area contributed by atoms with E-state index in [2.05, 4.69) is 46.1 Å². The first-order valence-electron chi connectivity index (χ1n) is 7.58. The number of hydrogen-bond donors (Lipinski definition) is 0. The molecule has 0 amide bonds. The number of hydrogen-bond acceptors (Lipinski definition) is 4. The third-order valence-corrected chi connectivity index (χ3v) is 5.51. The SMILES string of the molecule is CCN(c1ccccc1)c1nc(Cl)nc2sc3c(c12)CCC3. The summed E-state index contributed by atoms with van der Waals surface area (Å²) in [5.74, 6) is 0.947. The summed E-state index contributed by atoms with van der Waals surface area (Å²) in [6.07, 6.45) is 3.52. The minimum absolute atomic E-state index is 0.330. The molecule has 2 aromatic heterocycles. The molecule has 1 aliphatic rings. The first kappa shape index (κ1) is 14.0. The van der Waals surface area contributed by atoms with Crippen LogP contribution in [0.4, 0.5) is 11.5 Å². The number of rotatable bonds is 3. The molecule has 2 heterocycles. The Morgan fingerprint density at radius 2 is 2.00 bits per heavy atom. The molecule has 0 saturated carbocycles. The Hall–Kier alpha value is -1.65. The van der Waals surface area contributed by atoms with Crippen LogP contribution in [-0.2, 0) is 12.8 Å². The molecule has 0 unspecified atom stereocenters. The van der Waals surface area contributed by atoms with Crippen LogP contribution in [-0.4, -0.2) is 16.5 Å². The standard InChI is InChI=1S/C17H16ClN3S/c1-2-21(11-7-4-3-5-8-11)15-14-12-9-6-10-13(12)22-16(14)20-17(18)19-15/h3-5,7-8H,2,6,9-10H2,1H3. The second-order valence-electron chi connectivity index (χ2n) is 5.43. The molecule has 22 heavy (non-hydrogen) atoms. The molecule has 4 rings (SSSR count). The number of aromatic nitrogens is 2. The monoisotopic (exact) mass is 329 g/mol. The maximum atomic E-state index is 6.19. The van der Waals surface area contributed by atoms with Gasteiger partial charge >= 0.3 is 0 Å². The molecule has 0 bridgehead atoms. The summed E-state index contributed by atoms with van der Waals surface area (Å²) in [6, 6.07) is 10.4. The maximum absolute atomic E-state index is 6.19. The van der Waals surface area contributed by atoms with Crippen molar-refractivity contribution in [3.8, 4) is 0 Å². The zero-order chi connectivity index (χ0) is 15.1. The molecular weight excluding hydrogens is 314 g/mol. The average molecular weight is 330 g/mol. The van der Waals surface area contributed by atoms with Crippen LogP contribution < -0.4 is 4.90 Å². The number of para-hydroxylation sites is 1. The van der Waals surface area contributed by atoms with E-state index in [0.29, 0.717) is 5.28 Å². The summed E-state index contributed by atoms with van der Waals surface area (Å²) in [4.78, 5) is 13.7. The van der Waals surface area contributed by atoms with Crippen molar-refractivity contribution in [2.45, 2.75) is 26.2 Å². The van der Waals surface area contributed by atoms with Gasteiger partial charge in [-0.2, -0.15) is 4.98 Å². The molecule has 3 aromatic rings. The van der Waals surface area contributed by atoms with Gasteiger partial charge in [-0.05, 0) is 55.5 Å². The maximum Gasteiger partial charge on any atom is 0.225 e. The number of benzene rings is 1.